The number of halogens is 12. The minimum absolute atomic E-state index is 0.00122. The highest BCUT2D eigenvalue weighted by Crippen LogP contribution is 2.53. The van der Waals surface area contributed by atoms with Gasteiger partial charge in [0.1, 0.15) is 5.78 Å². The van der Waals surface area contributed by atoms with E-state index in [0.717, 1.165) is 24.3 Å². The fourth-order valence-corrected chi connectivity index (χ4v) is 7.53. The second-order valence-corrected chi connectivity index (χ2v) is 17.7. The van der Waals surface area contributed by atoms with Crippen LogP contribution in [0.5, 0.6) is 0 Å². The van der Waals surface area contributed by atoms with Crippen LogP contribution in [-0.4, -0.2) is 60.2 Å². The standard InChI is InChI=1S/C15H14ClF3N2O4.C15H15ClF3NO3.C13H11ClF3NO3/c1-7(2)5-11(22)21-12(23)14(15(17,18)19)9-6-8(16)3-4-10(9)20-13(24)25-14;1-8(2)12(21)5-6-14(15(17,18)19)10-7-9(16)3-4-11(10)20-13(22)23-14;1-6(2)10(19)12(13(15,16)17)8-5-7(14)3-4-9(8)18-11(20)21-12/h3-4,6-7H,5H2,1-2H3,(H,20,24)(H,21,22,23);3-4,7-8H,5-6H2,1-2H3,(H,20,22);3-6H,1-2H3,(H,18,20)/t2*14-;12-/m101/s1. The number of carbonyl (C=O) groups excluding carboxylic acids is 7. The molecule has 0 radical (unpaired) electrons. The van der Waals surface area contributed by atoms with Gasteiger partial charge < -0.3 is 14.2 Å². The van der Waals surface area contributed by atoms with Gasteiger partial charge in [0.15, 0.2) is 5.78 Å². The van der Waals surface area contributed by atoms with Gasteiger partial charge in [-0.25, -0.2) is 14.4 Å². The summed E-state index contributed by atoms with van der Waals surface area (Å²) in [5, 5.41) is 8.06. The van der Waals surface area contributed by atoms with Crippen LogP contribution < -0.4 is 21.3 Å². The third-order valence-corrected chi connectivity index (χ3v) is 11.0. The molecule has 3 aliphatic rings. The molecule has 3 aromatic rings. The maximum absolute atomic E-state index is 13.8. The van der Waals surface area contributed by atoms with Crippen LogP contribution in [0.25, 0.3) is 0 Å². The summed E-state index contributed by atoms with van der Waals surface area (Å²) in [7, 11) is 0. The van der Waals surface area contributed by atoms with Crippen LogP contribution in [0.3, 0.4) is 0 Å². The molecule has 14 nitrogen and oxygen atoms in total. The van der Waals surface area contributed by atoms with Gasteiger partial charge in [-0.3, -0.25) is 40.4 Å². The Labute approximate surface area is 401 Å². The number of nitrogens with one attached hydrogen (secondary N) is 4. The number of hydrogen-bond donors (Lipinski definition) is 4. The highest BCUT2D eigenvalue weighted by atomic mass is 35.5. The zero-order chi connectivity index (χ0) is 52.4. The van der Waals surface area contributed by atoms with E-state index in [4.69, 9.17) is 34.8 Å². The molecule has 26 heteroatoms. The van der Waals surface area contributed by atoms with Crippen LogP contribution in [-0.2, 0) is 50.2 Å². The summed E-state index contributed by atoms with van der Waals surface area (Å²) in [5.74, 6) is -5.90. The molecule has 0 saturated heterocycles. The van der Waals surface area contributed by atoms with E-state index >= 15 is 0 Å². The molecule has 0 aromatic heterocycles. The van der Waals surface area contributed by atoms with Crippen molar-refractivity contribution < 1.29 is 87.3 Å². The first-order valence-electron chi connectivity index (χ1n) is 20.1. The second-order valence-electron chi connectivity index (χ2n) is 16.4. The van der Waals surface area contributed by atoms with E-state index in [1.54, 1.807) is 33.0 Å². The third-order valence-electron chi connectivity index (χ3n) is 10.3. The van der Waals surface area contributed by atoms with Gasteiger partial charge in [-0.05, 0) is 60.5 Å². The van der Waals surface area contributed by atoms with Gasteiger partial charge in [0.2, 0.25) is 11.5 Å². The summed E-state index contributed by atoms with van der Waals surface area (Å²) >= 11 is 17.3. The number of Topliss-reactive ketones (excluding diaryl/α,β-unsaturated/α-hetero) is 2. The Hall–Kier alpha value is -5.81. The number of ketones is 2. The van der Waals surface area contributed by atoms with Gasteiger partial charge in [0.05, 0.1) is 17.1 Å². The summed E-state index contributed by atoms with van der Waals surface area (Å²) in [6.07, 6.45) is -20.6. The molecule has 69 heavy (non-hydrogen) atoms. The molecule has 0 unspecified atom stereocenters. The largest absolute Gasteiger partial charge is 0.442 e. The van der Waals surface area contributed by atoms with E-state index in [1.807, 2.05) is 0 Å². The van der Waals surface area contributed by atoms with Crippen molar-refractivity contribution in [2.75, 3.05) is 16.0 Å². The Morgan fingerprint density at radius 1 is 0.580 bits per heavy atom. The van der Waals surface area contributed by atoms with Gasteiger partial charge in [-0.1, -0.05) is 76.3 Å². The Bertz CT molecular complexity index is 2540. The zero-order valence-electron chi connectivity index (χ0n) is 36.7. The topological polar surface area (TPSA) is 195 Å². The summed E-state index contributed by atoms with van der Waals surface area (Å²) in [4.78, 5) is 82.8. The number of carbonyl (C=O) groups is 7. The monoisotopic (exact) mass is 1050 g/mol. The van der Waals surface area contributed by atoms with Crippen molar-refractivity contribution in [2.45, 2.75) is 96.1 Å². The lowest BCUT2D eigenvalue weighted by molar-refractivity contribution is -0.267. The van der Waals surface area contributed by atoms with Crippen molar-refractivity contribution in [3.05, 3.63) is 86.4 Å². The smallest absolute Gasteiger partial charge is 0.428 e. The molecule has 0 saturated carbocycles. The molecular weight excluding hydrogens is 1010 g/mol. The molecule has 376 valence electrons. The van der Waals surface area contributed by atoms with Crippen LogP contribution in [0.2, 0.25) is 15.1 Å². The molecule has 5 amide bonds. The van der Waals surface area contributed by atoms with E-state index < -0.39 is 101 Å². The number of rotatable bonds is 9. The van der Waals surface area contributed by atoms with Crippen molar-refractivity contribution in [3.8, 4) is 0 Å². The number of benzene rings is 3. The van der Waals surface area contributed by atoms with E-state index in [0.29, 0.717) is 0 Å². The van der Waals surface area contributed by atoms with Crippen LogP contribution in [0.4, 0.5) is 71.0 Å². The summed E-state index contributed by atoms with van der Waals surface area (Å²) in [6.45, 7) is 9.11. The zero-order valence-corrected chi connectivity index (χ0v) is 38.9. The second kappa shape index (κ2) is 20.6. The summed E-state index contributed by atoms with van der Waals surface area (Å²) in [6, 6.07) is 10.5. The van der Waals surface area contributed by atoms with Crippen LogP contribution >= 0.6 is 34.8 Å². The van der Waals surface area contributed by atoms with E-state index in [-0.39, 0.29) is 62.2 Å². The number of fused-ring (bicyclic) bond motifs is 3. The molecule has 3 aromatic carbocycles. The van der Waals surface area contributed by atoms with Crippen LogP contribution in [0.15, 0.2) is 54.6 Å². The van der Waals surface area contributed by atoms with Crippen molar-refractivity contribution in [3.63, 3.8) is 0 Å². The quantitative estimate of drug-likeness (QED) is 0.118. The van der Waals surface area contributed by atoms with Gasteiger partial charge in [0.25, 0.3) is 11.5 Å². The average Bonchev–Trinajstić information content (AvgIpc) is 3.21. The molecule has 0 fully saturated rings. The molecule has 4 N–H and O–H groups in total. The first kappa shape index (κ1) is 55.8. The highest BCUT2D eigenvalue weighted by Gasteiger charge is 2.69. The Balaban J connectivity index is 0.000000226. The van der Waals surface area contributed by atoms with Crippen LogP contribution in [0.1, 0.15) is 77.5 Å². The van der Waals surface area contributed by atoms with Crippen molar-refractivity contribution in [2.24, 2.45) is 17.8 Å². The van der Waals surface area contributed by atoms with Crippen molar-refractivity contribution in [1.82, 2.24) is 5.32 Å². The van der Waals surface area contributed by atoms with Gasteiger partial charge in [-0.15, -0.1) is 0 Å². The summed E-state index contributed by atoms with van der Waals surface area (Å²) in [5.41, 5.74) is -11.9. The molecule has 0 spiro atoms. The predicted molar refractivity (Wildman–Crippen MR) is 229 cm³/mol. The minimum Gasteiger partial charge on any atom is -0.428 e. The van der Waals surface area contributed by atoms with Gasteiger partial charge >= 0.3 is 42.4 Å². The lowest BCUT2D eigenvalue weighted by Gasteiger charge is -2.39. The lowest BCUT2D eigenvalue weighted by atomic mass is 9.81. The number of imide groups is 1. The number of alkyl halides is 9. The molecule has 3 aliphatic heterocycles. The number of hydrogen-bond acceptors (Lipinski definition) is 10. The SMILES string of the molecule is CC(C)C(=O)CC[C@]1(C(F)(F)F)OC(=O)Nc2ccc(Cl)cc21.CC(C)C(=O)[C@]1(C(F)(F)F)OC(=O)Nc2ccc(Cl)cc21.CC(C)CC(=O)NC(=O)[C@]1(C(F)(F)F)OC(=O)Nc2ccc(Cl)cc21. The van der Waals surface area contributed by atoms with Gasteiger partial charge in [-0.2, -0.15) is 39.5 Å². The molecule has 0 aliphatic carbocycles. The molecule has 0 bridgehead atoms. The minimum atomic E-state index is -5.33. The van der Waals surface area contributed by atoms with E-state index in [9.17, 15) is 73.1 Å². The third kappa shape index (κ3) is 11.6. The van der Waals surface area contributed by atoms with E-state index in [1.165, 1.54) is 44.2 Å². The predicted octanol–water partition coefficient (Wildman–Crippen LogP) is 11.9. The van der Waals surface area contributed by atoms with Crippen molar-refractivity contribution in [1.29, 1.82) is 0 Å². The number of anilines is 3. The Kier molecular flexibility index (Phi) is 16.7. The molecular formula is C43H40Cl3F9N4O10. The maximum atomic E-state index is 13.8. The van der Waals surface area contributed by atoms with Crippen LogP contribution in [0, 0.1) is 17.8 Å². The van der Waals surface area contributed by atoms with Gasteiger partial charge in [0, 0.05) is 62.9 Å². The molecule has 6 rings (SSSR count). The van der Waals surface area contributed by atoms with Crippen molar-refractivity contribution >= 4 is 93.5 Å². The summed E-state index contributed by atoms with van der Waals surface area (Å²) < 4.78 is 137. The fourth-order valence-electron chi connectivity index (χ4n) is 7.01. The Morgan fingerprint density at radius 3 is 1.36 bits per heavy atom. The maximum Gasteiger partial charge on any atom is 0.442 e. The fraction of sp³-hybridized carbons (Fsp3) is 0.419. The number of cyclic esters (lactones) is 3. The highest BCUT2D eigenvalue weighted by molar-refractivity contribution is 6.31. The first-order chi connectivity index (χ1) is 31.6. The number of ether oxygens (including phenoxy) is 3. The number of amides is 5. The molecule has 3 atom stereocenters. The normalized spacial score (nSPS) is 20.6. The molecule has 3 heterocycles. The lowest BCUT2D eigenvalue weighted by Crippen LogP contribution is -2.60. The average molecular weight is 1050 g/mol. The Morgan fingerprint density at radius 2 is 0.971 bits per heavy atom. The first-order valence-corrected chi connectivity index (χ1v) is 21.3. The van der Waals surface area contributed by atoms with E-state index in [2.05, 4.69) is 30.2 Å².